The number of rotatable bonds is 1. The van der Waals surface area contributed by atoms with Gasteiger partial charge in [0.25, 0.3) is 0 Å². The highest BCUT2D eigenvalue weighted by atomic mass is 16.1. The molecule has 1 aliphatic rings. The molecule has 4 heteroatoms. The predicted octanol–water partition coefficient (Wildman–Crippen LogP) is 0.514. The summed E-state index contributed by atoms with van der Waals surface area (Å²) < 4.78 is 0. The molecule has 0 aromatic heterocycles. The van der Waals surface area contributed by atoms with Gasteiger partial charge in [-0.1, -0.05) is 12.1 Å². The van der Waals surface area contributed by atoms with E-state index in [2.05, 4.69) is 0 Å². The monoisotopic (exact) mass is 175 g/mol. The zero-order valence-electron chi connectivity index (χ0n) is 6.95. The van der Waals surface area contributed by atoms with E-state index < -0.39 is 0 Å². The first kappa shape index (κ1) is 7.94. The molecule has 1 aromatic carbocycles. The first-order valence-corrected chi connectivity index (χ1v) is 3.91. The molecule has 2 rings (SSSR count). The van der Waals surface area contributed by atoms with E-state index in [9.17, 15) is 4.79 Å². The lowest BCUT2D eigenvalue weighted by Crippen LogP contribution is -2.30. The largest absolute Gasteiger partial charge is 0.298 e. The predicted molar refractivity (Wildman–Crippen MR) is 48.4 cm³/mol. The second-order valence-corrected chi connectivity index (χ2v) is 3.01. The van der Waals surface area contributed by atoms with Crippen LogP contribution in [-0.2, 0) is 6.54 Å². The van der Waals surface area contributed by atoms with Gasteiger partial charge in [0.1, 0.15) is 12.1 Å². The highest BCUT2D eigenvalue weighted by Gasteiger charge is 2.21. The van der Waals surface area contributed by atoms with Crippen molar-refractivity contribution in [2.24, 2.45) is 5.84 Å². The molecular formula is C9H9N3O. The number of nitrogens with two attached hydrogens (primary N) is 1. The highest BCUT2D eigenvalue weighted by molar-refractivity contribution is 6.01. The normalized spacial score (nSPS) is 14.5. The molecule has 0 saturated heterocycles. The summed E-state index contributed by atoms with van der Waals surface area (Å²) in [5.74, 6) is 5.82. The van der Waals surface area contributed by atoms with Crippen LogP contribution in [0.2, 0.25) is 0 Å². The number of aldehydes is 1. The van der Waals surface area contributed by atoms with Crippen molar-refractivity contribution in [2.75, 3.05) is 0 Å². The molecule has 0 atom stereocenters. The molecule has 66 valence electrons. The van der Waals surface area contributed by atoms with Crippen molar-refractivity contribution in [1.82, 2.24) is 5.01 Å². The second kappa shape index (κ2) is 2.67. The fourth-order valence-corrected chi connectivity index (χ4v) is 1.44. The van der Waals surface area contributed by atoms with Crippen LogP contribution in [0, 0.1) is 5.41 Å². The summed E-state index contributed by atoms with van der Waals surface area (Å²) in [4.78, 5) is 10.5. The smallest absolute Gasteiger partial charge is 0.150 e. The highest BCUT2D eigenvalue weighted by Crippen LogP contribution is 2.20. The van der Waals surface area contributed by atoms with Gasteiger partial charge < -0.3 is 0 Å². The Balaban J connectivity index is 2.54. The van der Waals surface area contributed by atoms with Crippen LogP contribution in [-0.4, -0.2) is 17.1 Å². The van der Waals surface area contributed by atoms with Crippen molar-refractivity contribution < 1.29 is 4.79 Å². The van der Waals surface area contributed by atoms with Crippen LogP contribution in [0.1, 0.15) is 21.5 Å². The molecular weight excluding hydrogens is 166 g/mol. The Bertz CT molecular complexity index is 386. The van der Waals surface area contributed by atoms with E-state index in [1.165, 1.54) is 5.01 Å². The number of amidine groups is 1. The van der Waals surface area contributed by atoms with Gasteiger partial charge in [-0.25, -0.2) is 5.84 Å². The van der Waals surface area contributed by atoms with Crippen LogP contribution < -0.4 is 5.84 Å². The van der Waals surface area contributed by atoms with Crippen molar-refractivity contribution in [2.45, 2.75) is 6.54 Å². The Morgan fingerprint density at radius 1 is 1.54 bits per heavy atom. The van der Waals surface area contributed by atoms with E-state index in [0.29, 0.717) is 12.1 Å². The summed E-state index contributed by atoms with van der Waals surface area (Å²) in [6.07, 6.45) is 0.771. The molecule has 1 heterocycles. The Hall–Kier alpha value is -1.68. The zero-order chi connectivity index (χ0) is 9.42. The van der Waals surface area contributed by atoms with Crippen molar-refractivity contribution >= 4 is 12.1 Å². The fraction of sp³-hybridized carbons (Fsp3) is 0.111. The summed E-state index contributed by atoms with van der Waals surface area (Å²) in [5.41, 5.74) is 2.34. The van der Waals surface area contributed by atoms with Crippen LogP contribution >= 0.6 is 0 Å². The van der Waals surface area contributed by atoms with Crippen LogP contribution in [0.15, 0.2) is 18.2 Å². The second-order valence-electron chi connectivity index (χ2n) is 3.01. The van der Waals surface area contributed by atoms with Gasteiger partial charge in [-0.3, -0.25) is 15.2 Å². The third-order valence-electron chi connectivity index (χ3n) is 2.15. The number of nitrogens with zero attached hydrogens (tertiary/aromatic N) is 1. The van der Waals surface area contributed by atoms with E-state index in [-0.39, 0.29) is 5.84 Å². The summed E-state index contributed by atoms with van der Waals surface area (Å²) in [6.45, 7) is 0.549. The Morgan fingerprint density at radius 2 is 2.31 bits per heavy atom. The van der Waals surface area contributed by atoms with Crippen LogP contribution in [0.25, 0.3) is 0 Å². The van der Waals surface area contributed by atoms with E-state index in [1.54, 1.807) is 12.1 Å². The minimum atomic E-state index is 0.277. The lowest BCUT2D eigenvalue weighted by atomic mass is 10.1. The maximum absolute atomic E-state index is 10.5. The lowest BCUT2D eigenvalue weighted by molar-refractivity contribution is 0.112. The Kier molecular flexibility index (Phi) is 1.63. The molecule has 3 N–H and O–H groups in total. The first-order valence-electron chi connectivity index (χ1n) is 3.91. The van der Waals surface area contributed by atoms with Gasteiger partial charge >= 0.3 is 0 Å². The standard InChI is InChI=1S/C9H9N3O/c10-9-8-3-6(5-13)1-2-7(8)4-12(9)11/h1-3,5,10H,4,11H2. The van der Waals surface area contributed by atoms with Gasteiger partial charge in [-0.15, -0.1) is 0 Å². The number of hydrogen-bond acceptors (Lipinski definition) is 3. The Morgan fingerprint density at radius 3 is 3.00 bits per heavy atom. The third kappa shape index (κ3) is 1.11. The van der Waals surface area contributed by atoms with E-state index in [4.69, 9.17) is 11.3 Å². The molecule has 0 unspecified atom stereocenters. The average Bonchev–Trinajstić information content (AvgIpc) is 2.43. The molecule has 13 heavy (non-hydrogen) atoms. The number of hydrogen-bond donors (Lipinski definition) is 2. The quantitative estimate of drug-likeness (QED) is 0.482. The molecule has 4 nitrogen and oxygen atoms in total. The van der Waals surface area contributed by atoms with E-state index in [1.807, 2.05) is 6.07 Å². The minimum absolute atomic E-state index is 0.277. The van der Waals surface area contributed by atoms with Gasteiger partial charge in [-0.2, -0.15) is 0 Å². The van der Waals surface area contributed by atoms with Gasteiger partial charge in [0, 0.05) is 11.1 Å². The zero-order valence-corrected chi connectivity index (χ0v) is 6.95. The summed E-state index contributed by atoms with van der Waals surface area (Å²) in [5, 5.41) is 8.95. The molecule has 0 aliphatic carbocycles. The topological polar surface area (TPSA) is 70.2 Å². The summed E-state index contributed by atoms with van der Waals surface area (Å²) in [7, 11) is 0. The van der Waals surface area contributed by atoms with Crippen LogP contribution in [0.3, 0.4) is 0 Å². The Labute approximate surface area is 75.4 Å². The minimum Gasteiger partial charge on any atom is -0.298 e. The van der Waals surface area contributed by atoms with Crippen molar-refractivity contribution in [3.63, 3.8) is 0 Å². The van der Waals surface area contributed by atoms with Crippen LogP contribution in [0.4, 0.5) is 0 Å². The molecule has 0 bridgehead atoms. The maximum Gasteiger partial charge on any atom is 0.150 e. The molecule has 1 aliphatic heterocycles. The van der Waals surface area contributed by atoms with E-state index >= 15 is 0 Å². The fourth-order valence-electron chi connectivity index (χ4n) is 1.44. The van der Waals surface area contributed by atoms with Gasteiger partial charge in [0.05, 0.1) is 6.54 Å². The molecule has 0 spiro atoms. The SMILES string of the molecule is N=C1c2cc(C=O)ccc2CN1N. The molecule has 0 saturated carbocycles. The molecule has 1 aromatic rings. The van der Waals surface area contributed by atoms with Gasteiger partial charge in [0.2, 0.25) is 0 Å². The third-order valence-corrected chi connectivity index (χ3v) is 2.15. The van der Waals surface area contributed by atoms with Gasteiger partial charge in [0.15, 0.2) is 0 Å². The number of fused-ring (bicyclic) bond motifs is 1. The van der Waals surface area contributed by atoms with Crippen molar-refractivity contribution in [1.29, 1.82) is 5.41 Å². The van der Waals surface area contributed by atoms with Crippen LogP contribution in [0.5, 0.6) is 0 Å². The number of carbonyl (C=O) groups excluding carboxylic acids is 1. The van der Waals surface area contributed by atoms with E-state index in [0.717, 1.165) is 17.4 Å². The lowest BCUT2D eigenvalue weighted by Gasteiger charge is -2.07. The molecule has 0 radical (unpaired) electrons. The number of nitrogens with one attached hydrogen (secondary N) is 1. The number of hydrazine groups is 1. The summed E-state index contributed by atoms with van der Waals surface area (Å²) >= 11 is 0. The maximum atomic E-state index is 10.5. The van der Waals surface area contributed by atoms with Gasteiger partial charge in [-0.05, 0) is 11.6 Å². The van der Waals surface area contributed by atoms with Crippen molar-refractivity contribution in [3.8, 4) is 0 Å². The number of benzene rings is 1. The van der Waals surface area contributed by atoms with Crippen molar-refractivity contribution in [3.05, 3.63) is 34.9 Å². The summed E-state index contributed by atoms with van der Waals surface area (Å²) in [6, 6.07) is 5.26. The molecule has 0 fully saturated rings. The molecule has 0 amide bonds. The average molecular weight is 175 g/mol. The number of carbonyl (C=O) groups is 1. The first-order chi connectivity index (χ1) is 6.22.